The zero-order valence-electron chi connectivity index (χ0n) is 16.7. The second-order valence-corrected chi connectivity index (χ2v) is 8.57. The fourth-order valence-electron chi connectivity index (χ4n) is 4.72. The Bertz CT molecular complexity index is 704. The number of carbonyl (C=O) groups is 1. The molecule has 1 aromatic rings. The van der Waals surface area contributed by atoms with E-state index in [0.29, 0.717) is 18.4 Å². The van der Waals surface area contributed by atoms with E-state index in [4.69, 9.17) is 4.74 Å². The van der Waals surface area contributed by atoms with Crippen LogP contribution in [-0.2, 0) is 9.53 Å². The third-order valence-corrected chi connectivity index (χ3v) is 6.59. The van der Waals surface area contributed by atoms with Gasteiger partial charge in [-0.25, -0.2) is 4.79 Å². The Kier molecular flexibility index (Phi) is 6.21. The molecule has 0 bridgehead atoms. The largest absolute Gasteiger partial charge is 0.458 e. The molecule has 0 amide bonds. The Morgan fingerprint density at radius 1 is 1.30 bits per heavy atom. The fraction of sp³-hybridized carbons (Fsp3) is 0.542. The minimum absolute atomic E-state index is 0.170. The van der Waals surface area contributed by atoms with Gasteiger partial charge in [0, 0.05) is 12.0 Å². The molecule has 3 heteroatoms. The van der Waals surface area contributed by atoms with Crippen molar-refractivity contribution in [3.8, 4) is 0 Å². The van der Waals surface area contributed by atoms with Crippen molar-refractivity contribution >= 4 is 12.0 Å². The monoisotopic (exact) mass is 368 g/mol. The van der Waals surface area contributed by atoms with Crippen molar-refractivity contribution in [2.24, 2.45) is 23.7 Å². The van der Waals surface area contributed by atoms with Gasteiger partial charge in [0.15, 0.2) is 0 Å². The van der Waals surface area contributed by atoms with E-state index >= 15 is 0 Å². The van der Waals surface area contributed by atoms with Gasteiger partial charge in [-0.15, -0.1) is 0 Å². The number of fused-ring (bicyclic) bond motifs is 1. The third kappa shape index (κ3) is 4.52. The number of esters is 1. The highest BCUT2D eigenvalue weighted by atomic mass is 16.5. The van der Waals surface area contributed by atoms with Crippen LogP contribution < -0.4 is 0 Å². The summed E-state index contributed by atoms with van der Waals surface area (Å²) in [7, 11) is 0. The minimum Gasteiger partial charge on any atom is -0.458 e. The highest BCUT2D eigenvalue weighted by molar-refractivity contribution is 5.87. The van der Waals surface area contributed by atoms with Gasteiger partial charge in [-0.3, -0.25) is 0 Å². The molecular formula is C24H32O3. The summed E-state index contributed by atoms with van der Waals surface area (Å²) in [6.07, 6.45) is 9.45. The summed E-state index contributed by atoms with van der Waals surface area (Å²) in [6.45, 7) is 6.86. The van der Waals surface area contributed by atoms with Crippen molar-refractivity contribution < 1.29 is 14.6 Å². The predicted molar refractivity (Wildman–Crippen MR) is 109 cm³/mol. The van der Waals surface area contributed by atoms with E-state index in [1.54, 1.807) is 6.08 Å². The zero-order valence-corrected chi connectivity index (χ0v) is 16.7. The number of rotatable bonds is 5. The maximum atomic E-state index is 12.0. The highest BCUT2D eigenvalue weighted by Crippen LogP contribution is 2.50. The van der Waals surface area contributed by atoms with Gasteiger partial charge in [-0.1, -0.05) is 57.2 Å². The molecule has 146 valence electrons. The van der Waals surface area contributed by atoms with Crippen molar-refractivity contribution in [2.75, 3.05) is 6.61 Å². The van der Waals surface area contributed by atoms with Crippen LogP contribution in [0.3, 0.4) is 0 Å². The average molecular weight is 369 g/mol. The van der Waals surface area contributed by atoms with Crippen LogP contribution in [0.5, 0.6) is 0 Å². The maximum absolute atomic E-state index is 12.0. The summed E-state index contributed by atoms with van der Waals surface area (Å²) >= 11 is 0. The van der Waals surface area contributed by atoms with Crippen LogP contribution in [0, 0.1) is 23.7 Å². The summed E-state index contributed by atoms with van der Waals surface area (Å²) in [4.78, 5) is 12.0. The molecule has 1 N–H and O–H groups in total. The van der Waals surface area contributed by atoms with Crippen molar-refractivity contribution in [2.45, 2.75) is 52.1 Å². The first-order chi connectivity index (χ1) is 12.9. The first-order valence-electron chi connectivity index (χ1n) is 10.2. The van der Waals surface area contributed by atoms with Gasteiger partial charge in [0.25, 0.3) is 0 Å². The van der Waals surface area contributed by atoms with Crippen molar-refractivity contribution in [3.05, 3.63) is 53.6 Å². The second kappa shape index (κ2) is 8.43. The summed E-state index contributed by atoms with van der Waals surface area (Å²) in [5, 5.41) is 11.3. The lowest BCUT2D eigenvalue weighted by atomic mass is 9.58. The van der Waals surface area contributed by atoms with E-state index in [-0.39, 0.29) is 17.8 Å². The lowest BCUT2D eigenvalue weighted by Crippen LogP contribution is -2.51. The Labute approximate surface area is 163 Å². The van der Waals surface area contributed by atoms with Crippen molar-refractivity contribution in [1.29, 1.82) is 0 Å². The molecule has 0 aromatic heterocycles. The lowest BCUT2D eigenvalue weighted by molar-refractivity contribution is -0.137. The summed E-state index contributed by atoms with van der Waals surface area (Å²) < 4.78 is 5.46. The van der Waals surface area contributed by atoms with E-state index < -0.39 is 5.60 Å². The molecule has 1 fully saturated rings. The molecule has 0 spiro atoms. The standard InChI is InChI=1S/C24H32O3/c1-17(2)24(26)14-13-18(3)21-11-9-20(15-22(21)24)16-27-23(25)12-10-19-7-5-4-6-8-19/h4-8,10,12,15,17-18,21-22,26H,9,11,13-14,16H2,1-3H3/b12-10+/t18-,21+,22+,24+/m1/s1. The van der Waals surface area contributed by atoms with Crippen LogP contribution >= 0.6 is 0 Å². The van der Waals surface area contributed by atoms with Crippen molar-refractivity contribution in [1.82, 2.24) is 0 Å². The maximum Gasteiger partial charge on any atom is 0.331 e. The molecule has 0 unspecified atom stereocenters. The minimum atomic E-state index is -0.639. The van der Waals surface area contributed by atoms with Gasteiger partial charge < -0.3 is 9.84 Å². The smallest absolute Gasteiger partial charge is 0.331 e. The van der Waals surface area contributed by atoms with Gasteiger partial charge in [0.2, 0.25) is 0 Å². The fourth-order valence-corrected chi connectivity index (χ4v) is 4.72. The molecule has 1 saturated carbocycles. The van der Waals surface area contributed by atoms with Crippen LogP contribution in [0.2, 0.25) is 0 Å². The van der Waals surface area contributed by atoms with Gasteiger partial charge in [-0.2, -0.15) is 0 Å². The number of benzene rings is 1. The van der Waals surface area contributed by atoms with Crippen molar-refractivity contribution in [3.63, 3.8) is 0 Å². The summed E-state index contributed by atoms with van der Waals surface area (Å²) in [6, 6.07) is 9.72. The molecule has 2 aliphatic carbocycles. The Morgan fingerprint density at radius 3 is 2.74 bits per heavy atom. The number of hydrogen-bond acceptors (Lipinski definition) is 3. The Morgan fingerprint density at radius 2 is 2.04 bits per heavy atom. The Hall–Kier alpha value is -1.87. The lowest BCUT2D eigenvalue weighted by Gasteiger charge is -2.51. The molecule has 0 heterocycles. The van der Waals surface area contributed by atoms with E-state index in [1.807, 2.05) is 30.3 Å². The average Bonchev–Trinajstić information content (AvgIpc) is 2.68. The topological polar surface area (TPSA) is 46.5 Å². The number of aliphatic hydroxyl groups is 1. The molecule has 4 atom stereocenters. The van der Waals surface area contributed by atoms with Gasteiger partial charge in [0.05, 0.1) is 5.60 Å². The van der Waals surface area contributed by atoms with Crippen LogP contribution in [0.25, 0.3) is 6.08 Å². The molecule has 0 aliphatic heterocycles. The zero-order chi connectivity index (χ0) is 19.4. The number of ether oxygens (including phenoxy) is 1. The van der Waals surface area contributed by atoms with E-state index in [9.17, 15) is 9.90 Å². The van der Waals surface area contributed by atoms with Crippen LogP contribution in [0.15, 0.2) is 48.1 Å². The molecule has 27 heavy (non-hydrogen) atoms. The van der Waals surface area contributed by atoms with Gasteiger partial charge in [-0.05, 0) is 60.6 Å². The van der Waals surface area contributed by atoms with Crippen LogP contribution in [0.1, 0.15) is 52.0 Å². The molecule has 1 aromatic carbocycles. The SMILES string of the molecule is CC(C)[C@@]1(O)CC[C@@H](C)[C@@H]2CCC(COC(=O)/C=C/c3ccccc3)=C[C@@H]21. The molecule has 3 rings (SSSR count). The summed E-state index contributed by atoms with van der Waals surface area (Å²) in [5.74, 6) is 1.25. The Balaban J connectivity index is 1.63. The summed E-state index contributed by atoms with van der Waals surface area (Å²) in [5.41, 5.74) is 1.48. The second-order valence-electron chi connectivity index (χ2n) is 8.57. The highest BCUT2D eigenvalue weighted by Gasteiger charge is 2.48. The van der Waals surface area contributed by atoms with Gasteiger partial charge in [0.1, 0.15) is 6.61 Å². The normalized spacial score (nSPS) is 30.9. The van der Waals surface area contributed by atoms with E-state index in [2.05, 4.69) is 26.8 Å². The first-order valence-corrected chi connectivity index (χ1v) is 10.2. The van der Waals surface area contributed by atoms with E-state index in [1.165, 1.54) is 6.08 Å². The first kappa shape index (κ1) is 19.9. The molecule has 2 aliphatic rings. The third-order valence-electron chi connectivity index (χ3n) is 6.59. The molecule has 0 radical (unpaired) electrons. The molecular weight excluding hydrogens is 336 g/mol. The van der Waals surface area contributed by atoms with Crippen LogP contribution in [-0.4, -0.2) is 23.3 Å². The quantitative estimate of drug-likeness (QED) is 0.451. The number of carbonyl (C=O) groups excluding carboxylic acids is 1. The molecule has 0 saturated heterocycles. The van der Waals surface area contributed by atoms with E-state index in [0.717, 1.165) is 36.8 Å². The molecule has 3 nitrogen and oxygen atoms in total. The van der Waals surface area contributed by atoms with Crippen LogP contribution in [0.4, 0.5) is 0 Å². The van der Waals surface area contributed by atoms with Gasteiger partial charge >= 0.3 is 5.97 Å². The number of hydrogen-bond donors (Lipinski definition) is 1. The predicted octanol–water partition coefficient (Wildman–Crippen LogP) is 5.01.